The molecule has 1 aromatic heterocycles. The first-order chi connectivity index (χ1) is 17.2. The molecular weight excluding hydrogens is 440 g/mol. The van der Waals surface area contributed by atoms with E-state index in [0.717, 1.165) is 11.8 Å². The molecule has 0 aliphatic rings. The highest BCUT2D eigenvalue weighted by atomic mass is 16.5. The minimum Gasteiger partial charge on any atom is -0.391 e. The highest BCUT2D eigenvalue weighted by Gasteiger charge is 2.31. The molecule has 0 N–H and O–H groups in total. The molecule has 0 saturated carbocycles. The van der Waals surface area contributed by atoms with Crippen LogP contribution < -0.4 is 9.30 Å². The van der Waals surface area contributed by atoms with Gasteiger partial charge in [0.25, 0.3) is 0 Å². The van der Waals surface area contributed by atoms with Crippen molar-refractivity contribution >= 4 is 0 Å². The molecule has 0 fully saturated rings. The van der Waals surface area contributed by atoms with Crippen molar-refractivity contribution in [2.45, 2.75) is 79.1 Å². The SMILES string of the molecule is CC(C)c1cccc(C(C)C)c1-n1cc[n+](-c2c(C(C)C)cccc2C(C)C)c1Oc1ccccc1. The molecule has 1 heterocycles. The van der Waals surface area contributed by atoms with E-state index < -0.39 is 0 Å². The Morgan fingerprint density at radius 1 is 0.583 bits per heavy atom. The van der Waals surface area contributed by atoms with E-state index in [2.05, 4.69) is 113 Å². The second kappa shape index (κ2) is 10.7. The second-order valence-corrected chi connectivity index (χ2v) is 10.9. The van der Waals surface area contributed by atoms with Crippen LogP contribution in [0.2, 0.25) is 0 Å². The summed E-state index contributed by atoms with van der Waals surface area (Å²) in [5.41, 5.74) is 7.73. The zero-order chi connectivity index (χ0) is 26.0. The van der Waals surface area contributed by atoms with E-state index in [-0.39, 0.29) is 0 Å². The van der Waals surface area contributed by atoms with Gasteiger partial charge in [0.1, 0.15) is 29.5 Å². The normalized spacial score (nSPS) is 11.8. The Kier molecular flexibility index (Phi) is 7.68. The molecule has 0 saturated heterocycles. The smallest absolute Gasteiger partial charge is 0.391 e. The van der Waals surface area contributed by atoms with Crippen molar-refractivity contribution in [1.29, 1.82) is 0 Å². The van der Waals surface area contributed by atoms with Crippen molar-refractivity contribution in [3.8, 4) is 23.1 Å². The number of benzene rings is 3. The zero-order valence-electron chi connectivity index (χ0n) is 23.1. The topological polar surface area (TPSA) is 18.0 Å². The molecule has 3 heteroatoms. The second-order valence-electron chi connectivity index (χ2n) is 10.9. The standard InChI is InChI=1S/C33H41N2O/c1-22(2)27-16-12-17-28(23(3)4)31(27)34-20-21-35(33(34)36-26-14-10-9-11-15-26)32-29(24(5)6)18-13-19-30(32)25(7)8/h9-25H,1-8H3/q+1. The Morgan fingerprint density at radius 3 is 1.53 bits per heavy atom. The molecule has 0 spiro atoms. The Bertz CT molecular complexity index is 1180. The van der Waals surface area contributed by atoms with Crippen LogP contribution in [0.4, 0.5) is 0 Å². The summed E-state index contributed by atoms with van der Waals surface area (Å²) in [5, 5.41) is 0. The first-order valence-electron chi connectivity index (χ1n) is 13.3. The van der Waals surface area contributed by atoms with Crippen molar-refractivity contribution in [1.82, 2.24) is 4.57 Å². The predicted octanol–water partition coefficient (Wildman–Crippen LogP) is 9.04. The van der Waals surface area contributed by atoms with Gasteiger partial charge in [-0.1, -0.05) is 110 Å². The van der Waals surface area contributed by atoms with Crippen molar-refractivity contribution in [3.05, 3.63) is 101 Å². The number of rotatable bonds is 8. The first kappa shape index (κ1) is 25.8. The van der Waals surface area contributed by atoms with Crippen LogP contribution in [-0.4, -0.2) is 4.57 Å². The number of hydrogen-bond acceptors (Lipinski definition) is 1. The van der Waals surface area contributed by atoms with E-state index in [9.17, 15) is 0 Å². The van der Waals surface area contributed by atoms with Crippen molar-refractivity contribution in [3.63, 3.8) is 0 Å². The lowest BCUT2D eigenvalue weighted by molar-refractivity contribution is -0.602. The molecule has 4 aromatic rings. The molecule has 4 rings (SSSR count). The minimum atomic E-state index is 0.383. The Balaban J connectivity index is 2.08. The van der Waals surface area contributed by atoms with Gasteiger partial charge in [0.05, 0.1) is 0 Å². The van der Waals surface area contributed by atoms with Gasteiger partial charge in [-0.15, -0.1) is 0 Å². The third kappa shape index (κ3) is 4.97. The summed E-state index contributed by atoms with van der Waals surface area (Å²) in [7, 11) is 0. The fraction of sp³-hybridized carbons (Fsp3) is 0.364. The summed E-state index contributed by atoms with van der Waals surface area (Å²) in [6.45, 7) is 18.1. The average Bonchev–Trinajstić information content (AvgIpc) is 3.26. The van der Waals surface area contributed by atoms with E-state index in [1.807, 2.05) is 30.3 Å². The average molecular weight is 482 g/mol. The highest BCUT2D eigenvalue weighted by Crippen LogP contribution is 2.36. The first-order valence-corrected chi connectivity index (χ1v) is 13.3. The van der Waals surface area contributed by atoms with Gasteiger partial charge in [-0.25, -0.2) is 0 Å². The van der Waals surface area contributed by atoms with Crippen LogP contribution in [0.25, 0.3) is 11.4 Å². The van der Waals surface area contributed by atoms with E-state index >= 15 is 0 Å². The lowest BCUT2D eigenvalue weighted by atomic mass is 9.92. The lowest BCUT2D eigenvalue weighted by Gasteiger charge is -2.19. The largest absolute Gasteiger partial charge is 0.472 e. The Hall–Kier alpha value is -3.33. The molecule has 0 bridgehead atoms. The molecular formula is C33H41N2O+. The number of aromatic nitrogens is 2. The van der Waals surface area contributed by atoms with Gasteiger partial charge in [-0.05, 0) is 35.8 Å². The van der Waals surface area contributed by atoms with Gasteiger partial charge in [-0.2, -0.15) is 9.13 Å². The van der Waals surface area contributed by atoms with E-state index in [0.29, 0.717) is 23.7 Å². The quantitative estimate of drug-likeness (QED) is 0.230. The maximum Gasteiger partial charge on any atom is 0.472 e. The van der Waals surface area contributed by atoms with E-state index in [4.69, 9.17) is 4.74 Å². The summed E-state index contributed by atoms with van der Waals surface area (Å²) in [6.07, 6.45) is 4.35. The van der Waals surface area contributed by atoms with Gasteiger partial charge in [-0.3, -0.25) is 0 Å². The van der Waals surface area contributed by atoms with Gasteiger partial charge in [0.2, 0.25) is 0 Å². The van der Waals surface area contributed by atoms with Crippen LogP contribution >= 0.6 is 0 Å². The Labute approximate surface area is 217 Å². The lowest BCUT2D eigenvalue weighted by Crippen LogP contribution is -2.34. The monoisotopic (exact) mass is 481 g/mol. The number of hydrogen-bond donors (Lipinski definition) is 0. The van der Waals surface area contributed by atoms with Gasteiger partial charge < -0.3 is 4.74 Å². The van der Waals surface area contributed by atoms with Crippen molar-refractivity contribution in [2.75, 3.05) is 0 Å². The molecule has 0 radical (unpaired) electrons. The third-order valence-electron chi connectivity index (χ3n) is 6.90. The van der Waals surface area contributed by atoms with Crippen LogP contribution in [0.3, 0.4) is 0 Å². The summed E-state index contributed by atoms with van der Waals surface area (Å²) >= 11 is 0. The third-order valence-corrected chi connectivity index (χ3v) is 6.90. The summed E-state index contributed by atoms with van der Waals surface area (Å²) in [5.74, 6) is 2.36. The molecule has 0 atom stereocenters. The zero-order valence-corrected chi connectivity index (χ0v) is 23.1. The molecule has 36 heavy (non-hydrogen) atoms. The number of imidazole rings is 1. The molecule has 0 unspecified atom stereocenters. The van der Waals surface area contributed by atoms with Crippen molar-refractivity contribution in [2.24, 2.45) is 0 Å². The fourth-order valence-corrected chi connectivity index (χ4v) is 4.99. The van der Waals surface area contributed by atoms with Gasteiger partial charge in [0.15, 0.2) is 0 Å². The van der Waals surface area contributed by atoms with E-state index in [1.54, 1.807) is 0 Å². The Morgan fingerprint density at radius 2 is 1.06 bits per heavy atom. The summed E-state index contributed by atoms with van der Waals surface area (Å²) in [4.78, 5) is 0. The number of para-hydroxylation sites is 3. The number of ether oxygens (including phenoxy) is 1. The molecule has 0 aliphatic heterocycles. The number of nitrogens with zero attached hydrogens (tertiary/aromatic N) is 2. The molecule has 3 aromatic carbocycles. The van der Waals surface area contributed by atoms with Gasteiger partial charge in [0, 0.05) is 22.3 Å². The maximum atomic E-state index is 6.75. The van der Waals surface area contributed by atoms with Crippen molar-refractivity contribution < 1.29 is 9.30 Å². The van der Waals surface area contributed by atoms with Crippen LogP contribution in [0.5, 0.6) is 11.8 Å². The van der Waals surface area contributed by atoms with E-state index in [1.165, 1.54) is 33.6 Å². The summed E-state index contributed by atoms with van der Waals surface area (Å²) in [6, 6.07) is 24.3. The maximum absolute atomic E-state index is 6.75. The predicted molar refractivity (Wildman–Crippen MR) is 150 cm³/mol. The van der Waals surface area contributed by atoms with Gasteiger partial charge >= 0.3 is 6.01 Å². The fourth-order valence-electron chi connectivity index (χ4n) is 4.99. The molecule has 188 valence electrons. The molecule has 3 nitrogen and oxygen atoms in total. The molecule has 0 aliphatic carbocycles. The van der Waals surface area contributed by atoms with Crippen LogP contribution in [0, 0.1) is 0 Å². The summed E-state index contributed by atoms with van der Waals surface area (Å²) < 4.78 is 11.3. The van der Waals surface area contributed by atoms with Crippen LogP contribution in [0.1, 0.15) is 101 Å². The molecule has 0 amide bonds. The highest BCUT2D eigenvalue weighted by molar-refractivity contribution is 5.53. The minimum absolute atomic E-state index is 0.383. The van der Waals surface area contributed by atoms with Crippen LogP contribution in [-0.2, 0) is 0 Å². The van der Waals surface area contributed by atoms with Crippen LogP contribution in [0.15, 0.2) is 79.1 Å².